The maximum absolute atomic E-state index is 14.1. The SMILES string of the molecule is CC(=O)Nc1cccc2c(OCCCN)cc(C(=O)Nc3cccc4c(OCCCN)cc(C(=O)NCc5cccc(C(=O)Nc6cccc7c(OCCCN)cc(C(=O)O)nc67)n5)nc34)nc12. The maximum Gasteiger partial charge on any atom is 0.354 e. The second-order valence-corrected chi connectivity index (χ2v) is 15.2. The fraction of sp³-hybridized carbons (Fsp3) is 0.229. The Kier molecular flexibility index (Phi) is 15.6. The summed E-state index contributed by atoms with van der Waals surface area (Å²) in [6, 6.07) is 24.2. The first-order valence-electron chi connectivity index (χ1n) is 21.7. The molecule has 0 fully saturated rings. The average Bonchev–Trinajstić information content (AvgIpc) is 3.33. The van der Waals surface area contributed by atoms with Crippen molar-refractivity contribution in [1.29, 1.82) is 0 Å². The molecule has 11 N–H and O–H groups in total. The summed E-state index contributed by atoms with van der Waals surface area (Å²) in [6.07, 6.45) is 1.62. The van der Waals surface area contributed by atoms with E-state index in [1.165, 1.54) is 31.2 Å². The lowest BCUT2D eigenvalue weighted by molar-refractivity contribution is -0.114. The molecule has 0 atom stereocenters. The molecule has 4 aromatic heterocycles. The van der Waals surface area contributed by atoms with Gasteiger partial charge in [0.15, 0.2) is 5.69 Å². The molecule has 7 aromatic rings. The number of anilines is 3. The molecule has 0 bridgehead atoms. The number of nitrogens with one attached hydrogen (secondary N) is 4. The van der Waals surface area contributed by atoms with Gasteiger partial charge < -0.3 is 57.8 Å². The van der Waals surface area contributed by atoms with Gasteiger partial charge in [-0.1, -0.05) is 24.3 Å². The molecule has 20 nitrogen and oxygen atoms in total. The van der Waals surface area contributed by atoms with E-state index in [4.69, 9.17) is 31.4 Å². The van der Waals surface area contributed by atoms with Crippen LogP contribution in [0.15, 0.2) is 91.0 Å². The lowest BCUT2D eigenvalue weighted by Crippen LogP contribution is -2.25. The quantitative estimate of drug-likeness (QED) is 0.0440. The maximum atomic E-state index is 14.1. The Morgan fingerprint density at radius 3 is 1.38 bits per heavy atom. The van der Waals surface area contributed by atoms with Gasteiger partial charge in [0, 0.05) is 41.3 Å². The van der Waals surface area contributed by atoms with Crippen molar-refractivity contribution in [1.82, 2.24) is 25.3 Å². The number of carbonyl (C=O) groups excluding carboxylic acids is 4. The summed E-state index contributed by atoms with van der Waals surface area (Å²) >= 11 is 0. The number of amides is 4. The third kappa shape index (κ3) is 11.4. The summed E-state index contributed by atoms with van der Waals surface area (Å²) in [4.78, 5) is 83.6. The number of hydrogen-bond acceptors (Lipinski definition) is 15. The minimum Gasteiger partial charge on any atom is -0.493 e. The van der Waals surface area contributed by atoms with Crippen LogP contribution in [-0.4, -0.2) is 94.1 Å². The molecule has 350 valence electrons. The number of ether oxygens (including phenoxy) is 3. The van der Waals surface area contributed by atoms with E-state index in [9.17, 15) is 29.1 Å². The molecule has 4 amide bonds. The number of carbonyl (C=O) groups is 5. The van der Waals surface area contributed by atoms with E-state index in [0.717, 1.165) is 0 Å². The van der Waals surface area contributed by atoms with Gasteiger partial charge in [0.1, 0.15) is 34.3 Å². The van der Waals surface area contributed by atoms with Gasteiger partial charge in [0.05, 0.1) is 65.7 Å². The number of aromatic nitrogens is 4. The zero-order chi connectivity index (χ0) is 48.2. The Hall–Kier alpha value is -8.33. The van der Waals surface area contributed by atoms with Crippen molar-refractivity contribution in [2.24, 2.45) is 17.2 Å². The summed E-state index contributed by atoms with van der Waals surface area (Å²) in [6.45, 7) is 3.14. The molecule has 0 spiro atoms. The third-order valence-electron chi connectivity index (χ3n) is 10.2. The minimum absolute atomic E-state index is 0.00356. The minimum atomic E-state index is -1.27. The summed E-state index contributed by atoms with van der Waals surface area (Å²) in [5, 5.41) is 22.5. The fourth-order valence-electron chi connectivity index (χ4n) is 6.98. The molecule has 3 aromatic carbocycles. The Morgan fingerprint density at radius 2 is 0.926 bits per heavy atom. The van der Waals surface area contributed by atoms with Crippen LogP contribution in [0.5, 0.6) is 17.2 Å². The van der Waals surface area contributed by atoms with Crippen LogP contribution < -0.4 is 52.7 Å². The smallest absolute Gasteiger partial charge is 0.354 e. The van der Waals surface area contributed by atoms with Crippen LogP contribution in [-0.2, 0) is 11.3 Å². The zero-order valence-electron chi connectivity index (χ0n) is 37.0. The number of hydrogen-bond donors (Lipinski definition) is 8. The molecular formula is C48H49N11O9. The molecule has 20 heteroatoms. The van der Waals surface area contributed by atoms with Crippen LogP contribution in [0, 0.1) is 0 Å². The first kappa shape index (κ1) is 47.6. The topological polar surface area (TPSA) is 311 Å². The van der Waals surface area contributed by atoms with Gasteiger partial charge in [-0.25, -0.2) is 24.7 Å². The number of carboxylic acid groups (broad SMARTS) is 1. The first-order chi connectivity index (χ1) is 33.0. The molecule has 0 unspecified atom stereocenters. The van der Waals surface area contributed by atoms with E-state index in [2.05, 4.69) is 41.2 Å². The molecule has 7 rings (SSSR count). The first-order valence-corrected chi connectivity index (χ1v) is 21.7. The summed E-state index contributed by atoms with van der Waals surface area (Å²) in [5.74, 6) is -2.51. The predicted molar refractivity (Wildman–Crippen MR) is 255 cm³/mol. The number of carboxylic acids is 1. The van der Waals surface area contributed by atoms with Gasteiger partial charge in [0.2, 0.25) is 5.91 Å². The summed E-state index contributed by atoms with van der Waals surface area (Å²) < 4.78 is 17.9. The number of nitrogens with two attached hydrogens (primary N) is 3. The highest BCUT2D eigenvalue weighted by Gasteiger charge is 2.21. The van der Waals surface area contributed by atoms with Gasteiger partial charge in [-0.15, -0.1) is 0 Å². The lowest BCUT2D eigenvalue weighted by Gasteiger charge is -2.15. The van der Waals surface area contributed by atoms with Crippen molar-refractivity contribution in [3.05, 3.63) is 119 Å². The number of para-hydroxylation sites is 3. The second-order valence-electron chi connectivity index (χ2n) is 15.2. The number of rotatable bonds is 21. The van der Waals surface area contributed by atoms with Gasteiger partial charge in [-0.3, -0.25) is 19.2 Å². The molecule has 0 saturated heterocycles. The Balaban J connectivity index is 1.13. The van der Waals surface area contributed by atoms with E-state index in [1.54, 1.807) is 66.7 Å². The van der Waals surface area contributed by atoms with Crippen LogP contribution in [0.25, 0.3) is 32.7 Å². The molecule has 68 heavy (non-hydrogen) atoms. The van der Waals surface area contributed by atoms with Crippen LogP contribution in [0.3, 0.4) is 0 Å². The number of pyridine rings is 4. The molecule has 0 aliphatic carbocycles. The van der Waals surface area contributed by atoms with E-state index >= 15 is 0 Å². The van der Waals surface area contributed by atoms with Crippen molar-refractivity contribution in [3.8, 4) is 17.2 Å². The summed E-state index contributed by atoms with van der Waals surface area (Å²) in [5.41, 5.74) is 18.7. The number of aromatic carboxylic acids is 1. The Labute approximate surface area is 389 Å². The highest BCUT2D eigenvalue weighted by Crippen LogP contribution is 2.34. The number of benzene rings is 3. The van der Waals surface area contributed by atoms with Crippen molar-refractivity contribution >= 4 is 79.4 Å². The van der Waals surface area contributed by atoms with Crippen molar-refractivity contribution in [2.75, 3.05) is 55.4 Å². The predicted octanol–water partition coefficient (Wildman–Crippen LogP) is 5.00. The Morgan fingerprint density at radius 1 is 0.515 bits per heavy atom. The van der Waals surface area contributed by atoms with E-state index in [-0.39, 0.29) is 83.2 Å². The van der Waals surface area contributed by atoms with Crippen molar-refractivity contribution in [2.45, 2.75) is 32.7 Å². The lowest BCUT2D eigenvalue weighted by atomic mass is 10.1. The van der Waals surface area contributed by atoms with Gasteiger partial charge in [0.25, 0.3) is 17.7 Å². The normalized spacial score (nSPS) is 11.0. The van der Waals surface area contributed by atoms with Crippen molar-refractivity contribution < 1.29 is 43.3 Å². The van der Waals surface area contributed by atoms with E-state index in [1.807, 2.05) is 0 Å². The van der Waals surface area contributed by atoms with Crippen LogP contribution in [0.1, 0.15) is 73.8 Å². The van der Waals surface area contributed by atoms with Gasteiger partial charge >= 0.3 is 5.97 Å². The van der Waals surface area contributed by atoms with E-state index in [0.29, 0.717) is 83.5 Å². The van der Waals surface area contributed by atoms with Gasteiger partial charge in [-0.2, -0.15) is 0 Å². The Bertz CT molecular complexity index is 3040. The number of nitrogens with zero attached hydrogens (tertiary/aromatic N) is 4. The molecule has 0 aliphatic heterocycles. The largest absolute Gasteiger partial charge is 0.493 e. The second kappa shape index (κ2) is 22.2. The van der Waals surface area contributed by atoms with Crippen LogP contribution >= 0.6 is 0 Å². The highest BCUT2D eigenvalue weighted by molar-refractivity contribution is 6.12. The molecule has 4 heterocycles. The fourth-order valence-corrected chi connectivity index (χ4v) is 6.98. The van der Waals surface area contributed by atoms with Crippen LogP contribution in [0.2, 0.25) is 0 Å². The highest BCUT2D eigenvalue weighted by atomic mass is 16.5. The molecular weight excluding hydrogens is 875 g/mol. The molecule has 0 radical (unpaired) electrons. The molecule has 0 saturated carbocycles. The van der Waals surface area contributed by atoms with E-state index < -0.39 is 23.7 Å². The standard InChI is InChI=1S/C48H49N11O9/c1-27(60)53-32-13-3-10-29-40(67-21-7-18-50)24-37(56-42(29)32)47(63)59-33-14-4-11-30-39(66-20-6-17-49)23-36(55-43(30)33)45(61)52-26-28-9-2-16-35(54-28)46(62)58-34-15-5-12-31-41(68-22-8-19-51)25-38(48(64)65)57-44(31)34/h2-5,9-16,23-25H,6-8,17-22,26,49-51H2,1H3,(H,52,61)(H,53,60)(H,58,62)(H,59,63)(H,64,65). The van der Waals surface area contributed by atoms with Gasteiger partial charge in [-0.05, 0) is 87.4 Å². The number of fused-ring (bicyclic) bond motifs is 3. The van der Waals surface area contributed by atoms with Crippen molar-refractivity contribution in [3.63, 3.8) is 0 Å². The average molecular weight is 924 g/mol. The molecule has 0 aliphatic rings. The zero-order valence-corrected chi connectivity index (χ0v) is 37.0. The third-order valence-corrected chi connectivity index (χ3v) is 10.2. The van der Waals surface area contributed by atoms with Crippen LogP contribution in [0.4, 0.5) is 17.1 Å². The monoisotopic (exact) mass is 923 g/mol. The summed E-state index contributed by atoms with van der Waals surface area (Å²) in [7, 11) is 0.